The molecule has 0 aromatic heterocycles. The average molecular weight is 196 g/mol. The summed E-state index contributed by atoms with van der Waals surface area (Å²) in [5.74, 6) is -0.908. The fraction of sp³-hybridized carbons (Fsp3) is 0.875. The molecule has 0 spiro atoms. The van der Waals surface area contributed by atoms with Gasteiger partial charge in [-0.1, -0.05) is 20.8 Å². The van der Waals surface area contributed by atoms with E-state index in [9.17, 15) is 4.79 Å². The maximum absolute atomic E-state index is 10.3. The largest absolute Gasteiger partial charge is 0.480 e. The van der Waals surface area contributed by atoms with Crippen LogP contribution >= 0.6 is 12.4 Å². The Hall–Kier alpha value is -0.280. The van der Waals surface area contributed by atoms with Crippen molar-refractivity contribution < 1.29 is 9.90 Å². The molecule has 0 aliphatic carbocycles. The summed E-state index contributed by atoms with van der Waals surface area (Å²) in [5, 5.41) is 8.45. The van der Waals surface area contributed by atoms with Crippen LogP contribution in [0.4, 0.5) is 0 Å². The van der Waals surface area contributed by atoms with Gasteiger partial charge in [-0.25, -0.2) is 0 Å². The van der Waals surface area contributed by atoms with Crippen molar-refractivity contribution in [2.24, 2.45) is 11.1 Å². The average Bonchev–Trinajstić information content (AvgIpc) is 1.80. The number of hydrogen-bond donors (Lipinski definition) is 2. The fourth-order valence-electron chi connectivity index (χ4n) is 0.712. The highest BCUT2D eigenvalue weighted by Crippen LogP contribution is 2.20. The molecule has 0 saturated heterocycles. The minimum Gasteiger partial charge on any atom is -0.480 e. The third kappa shape index (κ3) is 7.82. The molecule has 0 aliphatic rings. The first kappa shape index (κ1) is 14.3. The summed E-state index contributed by atoms with van der Waals surface area (Å²) in [5.41, 5.74) is 5.50. The number of carboxylic acids is 1. The van der Waals surface area contributed by atoms with Gasteiger partial charge in [-0.15, -0.1) is 12.4 Å². The lowest BCUT2D eigenvalue weighted by Crippen LogP contribution is -2.31. The van der Waals surface area contributed by atoms with Gasteiger partial charge in [0.15, 0.2) is 0 Å². The monoisotopic (exact) mass is 195 g/mol. The van der Waals surface area contributed by atoms with Gasteiger partial charge in [0.25, 0.3) is 0 Å². The molecule has 0 aromatic rings. The zero-order chi connectivity index (χ0) is 9.07. The number of nitrogens with two attached hydrogens (primary N) is 1. The first-order chi connectivity index (χ1) is 4.83. The van der Waals surface area contributed by atoms with Gasteiger partial charge in [0.2, 0.25) is 0 Å². The molecule has 0 heterocycles. The van der Waals surface area contributed by atoms with Crippen LogP contribution < -0.4 is 5.73 Å². The predicted octanol–water partition coefficient (Wildman–Crippen LogP) is 1.65. The molecule has 1 atom stereocenters. The lowest BCUT2D eigenvalue weighted by Gasteiger charge is -2.18. The van der Waals surface area contributed by atoms with Crippen molar-refractivity contribution in [3.05, 3.63) is 0 Å². The fourth-order valence-corrected chi connectivity index (χ4v) is 0.712. The van der Waals surface area contributed by atoms with Gasteiger partial charge in [0, 0.05) is 0 Å². The molecule has 0 aromatic carbocycles. The first-order valence-electron chi connectivity index (χ1n) is 3.81. The molecule has 4 heteroatoms. The van der Waals surface area contributed by atoms with E-state index in [1.807, 2.05) is 0 Å². The second-order valence-electron chi connectivity index (χ2n) is 4.04. The number of carboxylic acid groups (broad SMARTS) is 1. The third-order valence-corrected chi connectivity index (χ3v) is 1.52. The van der Waals surface area contributed by atoms with Crippen LogP contribution in [-0.4, -0.2) is 17.1 Å². The first-order valence-corrected chi connectivity index (χ1v) is 3.81. The maximum Gasteiger partial charge on any atom is 0.320 e. The zero-order valence-corrected chi connectivity index (χ0v) is 8.65. The van der Waals surface area contributed by atoms with Gasteiger partial charge in [0.1, 0.15) is 6.04 Å². The Morgan fingerprint density at radius 2 is 1.92 bits per heavy atom. The standard InChI is InChI=1S/C8H17NO2.ClH/c1-8(2,3)5-4-6(9)7(10)11;/h6H,4-5,9H2,1-3H3,(H,10,11);1H/t6-;/m0./s1. The van der Waals surface area contributed by atoms with E-state index in [0.717, 1.165) is 6.42 Å². The number of hydrogen-bond acceptors (Lipinski definition) is 2. The van der Waals surface area contributed by atoms with Crippen molar-refractivity contribution in [2.75, 3.05) is 0 Å². The number of carbonyl (C=O) groups is 1. The van der Waals surface area contributed by atoms with Gasteiger partial charge in [-0.2, -0.15) is 0 Å². The molecule has 12 heavy (non-hydrogen) atoms. The van der Waals surface area contributed by atoms with Crippen molar-refractivity contribution in [1.82, 2.24) is 0 Å². The minimum atomic E-state index is -0.908. The van der Waals surface area contributed by atoms with Crippen molar-refractivity contribution in [3.63, 3.8) is 0 Å². The SMILES string of the molecule is CC(C)(C)CC[C@H](N)C(=O)O.Cl. The summed E-state index contributed by atoms with van der Waals surface area (Å²) in [7, 11) is 0. The molecule has 0 bridgehead atoms. The Morgan fingerprint density at radius 3 is 2.17 bits per heavy atom. The van der Waals surface area contributed by atoms with Crippen LogP contribution in [0.5, 0.6) is 0 Å². The molecular weight excluding hydrogens is 178 g/mol. The lowest BCUT2D eigenvalue weighted by molar-refractivity contribution is -0.138. The van der Waals surface area contributed by atoms with Crippen molar-refractivity contribution in [2.45, 2.75) is 39.7 Å². The van der Waals surface area contributed by atoms with E-state index < -0.39 is 12.0 Å². The Kier molecular flexibility index (Phi) is 6.39. The van der Waals surface area contributed by atoms with Gasteiger partial charge in [-0.3, -0.25) is 4.79 Å². The van der Waals surface area contributed by atoms with E-state index in [4.69, 9.17) is 10.8 Å². The molecular formula is C8H18ClNO2. The van der Waals surface area contributed by atoms with E-state index in [2.05, 4.69) is 20.8 Å². The molecule has 0 fully saturated rings. The summed E-state index contributed by atoms with van der Waals surface area (Å²) in [4.78, 5) is 10.3. The molecule has 0 aliphatic heterocycles. The van der Waals surface area contributed by atoms with E-state index in [0.29, 0.717) is 6.42 Å². The lowest BCUT2D eigenvalue weighted by atomic mass is 9.89. The van der Waals surface area contributed by atoms with Crippen LogP contribution in [-0.2, 0) is 4.79 Å². The molecule has 3 N–H and O–H groups in total. The number of aliphatic carboxylic acids is 1. The molecule has 0 rings (SSSR count). The molecule has 0 unspecified atom stereocenters. The highest BCUT2D eigenvalue weighted by Gasteiger charge is 2.16. The topological polar surface area (TPSA) is 63.3 Å². The van der Waals surface area contributed by atoms with E-state index in [1.54, 1.807) is 0 Å². The third-order valence-electron chi connectivity index (χ3n) is 1.52. The van der Waals surface area contributed by atoms with Crippen LogP contribution in [0, 0.1) is 5.41 Å². The summed E-state index contributed by atoms with van der Waals surface area (Å²) in [6.07, 6.45) is 1.40. The van der Waals surface area contributed by atoms with Crippen molar-refractivity contribution in [1.29, 1.82) is 0 Å². The molecule has 0 saturated carbocycles. The van der Waals surface area contributed by atoms with Crippen LogP contribution in [0.1, 0.15) is 33.6 Å². The zero-order valence-electron chi connectivity index (χ0n) is 7.83. The quantitative estimate of drug-likeness (QED) is 0.720. The molecule has 3 nitrogen and oxygen atoms in total. The smallest absolute Gasteiger partial charge is 0.320 e. The van der Waals surface area contributed by atoms with E-state index in [-0.39, 0.29) is 17.8 Å². The Bertz CT molecular complexity index is 142. The highest BCUT2D eigenvalue weighted by molar-refractivity contribution is 5.85. The Morgan fingerprint density at radius 1 is 1.50 bits per heavy atom. The molecule has 74 valence electrons. The maximum atomic E-state index is 10.3. The van der Waals surface area contributed by atoms with Crippen LogP contribution in [0.15, 0.2) is 0 Å². The second kappa shape index (κ2) is 5.38. The summed E-state index contributed by atoms with van der Waals surface area (Å²) in [6.45, 7) is 6.21. The van der Waals surface area contributed by atoms with Crippen molar-refractivity contribution in [3.8, 4) is 0 Å². The van der Waals surface area contributed by atoms with E-state index in [1.165, 1.54) is 0 Å². The molecule has 0 radical (unpaired) electrons. The van der Waals surface area contributed by atoms with Crippen LogP contribution in [0.3, 0.4) is 0 Å². The van der Waals surface area contributed by atoms with Gasteiger partial charge >= 0.3 is 5.97 Å². The highest BCUT2D eigenvalue weighted by atomic mass is 35.5. The van der Waals surface area contributed by atoms with E-state index >= 15 is 0 Å². The number of rotatable bonds is 3. The van der Waals surface area contributed by atoms with Crippen LogP contribution in [0.2, 0.25) is 0 Å². The van der Waals surface area contributed by atoms with Crippen molar-refractivity contribution >= 4 is 18.4 Å². The van der Waals surface area contributed by atoms with Gasteiger partial charge < -0.3 is 10.8 Å². The minimum absolute atomic E-state index is 0. The van der Waals surface area contributed by atoms with Gasteiger partial charge in [-0.05, 0) is 18.3 Å². The van der Waals surface area contributed by atoms with Gasteiger partial charge in [0.05, 0.1) is 0 Å². The Labute approximate surface area is 79.7 Å². The summed E-state index contributed by atoms with van der Waals surface area (Å²) >= 11 is 0. The predicted molar refractivity (Wildman–Crippen MR) is 51.5 cm³/mol. The second-order valence-corrected chi connectivity index (χ2v) is 4.04. The van der Waals surface area contributed by atoms with Crippen LogP contribution in [0.25, 0.3) is 0 Å². The molecule has 0 amide bonds. The summed E-state index contributed by atoms with van der Waals surface area (Å²) in [6, 6.07) is -0.700. The normalized spacial score (nSPS) is 13.3. The number of halogens is 1. The Balaban J connectivity index is 0. The summed E-state index contributed by atoms with van der Waals surface area (Å²) < 4.78 is 0.